The van der Waals surface area contributed by atoms with Crippen molar-refractivity contribution in [1.82, 2.24) is 15.6 Å². The van der Waals surface area contributed by atoms with Gasteiger partial charge in [0.2, 0.25) is 0 Å². The Balaban J connectivity index is 1.50. The van der Waals surface area contributed by atoms with Crippen molar-refractivity contribution in [2.24, 2.45) is 0 Å². The molecule has 1 aromatic heterocycles. The highest BCUT2D eigenvalue weighted by atomic mass is 35.5. The molecular weight excluding hydrogens is 360 g/mol. The predicted octanol–water partition coefficient (Wildman–Crippen LogP) is 3.92. The number of carbonyl (C=O) groups is 1. The minimum Gasteiger partial charge on any atom is -0.382 e. The van der Waals surface area contributed by atoms with Crippen LogP contribution in [-0.2, 0) is 6.54 Å². The minimum atomic E-state index is -0.130. The normalized spacial score (nSPS) is 16.6. The van der Waals surface area contributed by atoms with E-state index < -0.39 is 0 Å². The van der Waals surface area contributed by atoms with Crippen molar-refractivity contribution in [3.05, 3.63) is 64.8 Å². The molecule has 1 unspecified atom stereocenters. The van der Waals surface area contributed by atoms with E-state index in [0.29, 0.717) is 23.3 Å². The van der Waals surface area contributed by atoms with Crippen LogP contribution in [0.5, 0.6) is 0 Å². The molecule has 0 spiro atoms. The molecule has 2 heterocycles. The van der Waals surface area contributed by atoms with Gasteiger partial charge in [0.25, 0.3) is 5.91 Å². The highest BCUT2D eigenvalue weighted by molar-refractivity contribution is 6.32. The van der Waals surface area contributed by atoms with Gasteiger partial charge in [0.15, 0.2) is 0 Å². The summed E-state index contributed by atoms with van der Waals surface area (Å²) >= 11 is 6.28. The predicted molar refractivity (Wildman–Crippen MR) is 110 cm³/mol. The Morgan fingerprint density at radius 2 is 2.04 bits per heavy atom. The fraction of sp³-hybridized carbons (Fsp3) is 0.286. The van der Waals surface area contributed by atoms with Crippen molar-refractivity contribution >= 4 is 34.1 Å². The van der Waals surface area contributed by atoms with Crippen molar-refractivity contribution in [3.8, 4) is 0 Å². The van der Waals surface area contributed by atoms with Gasteiger partial charge in [0, 0.05) is 29.5 Å². The third-order valence-corrected chi connectivity index (χ3v) is 5.15. The molecule has 1 aliphatic heterocycles. The lowest BCUT2D eigenvalue weighted by Gasteiger charge is -2.13. The average Bonchev–Trinajstić information content (AvgIpc) is 3.34. The zero-order valence-electron chi connectivity index (χ0n) is 15.0. The average molecular weight is 383 g/mol. The lowest BCUT2D eigenvalue weighted by molar-refractivity contribution is 0.0947. The molecule has 0 bridgehead atoms. The lowest BCUT2D eigenvalue weighted by Crippen LogP contribution is -2.29. The van der Waals surface area contributed by atoms with Gasteiger partial charge in [-0.1, -0.05) is 41.9 Å². The molecule has 140 valence electrons. The number of halogens is 1. The number of aromatic nitrogens is 1. The van der Waals surface area contributed by atoms with Crippen LogP contribution in [0.3, 0.4) is 0 Å². The molecular formula is C21H23ClN4O. The van der Waals surface area contributed by atoms with Gasteiger partial charge in [-0.25, -0.2) is 0 Å². The van der Waals surface area contributed by atoms with E-state index in [0.717, 1.165) is 35.2 Å². The second-order valence-electron chi connectivity index (χ2n) is 6.94. The van der Waals surface area contributed by atoms with Crippen LogP contribution in [0, 0.1) is 0 Å². The summed E-state index contributed by atoms with van der Waals surface area (Å²) in [6, 6.07) is 16.0. The summed E-state index contributed by atoms with van der Waals surface area (Å²) < 4.78 is 0. The van der Waals surface area contributed by atoms with Crippen LogP contribution in [0.1, 0.15) is 28.9 Å². The highest BCUT2D eigenvalue weighted by Gasteiger charge is 2.16. The second kappa shape index (κ2) is 8.03. The summed E-state index contributed by atoms with van der Waals surface area (Å²) in [5.41, 5.74) is 3.43. The van der Waals surface area contributed by atoms with Crippen LogP contribution < -0.4 is 16.0 Å². The minimum absolute atomic E-state index is 0.130. The van der Waals surface area contributed by atoms with Crippen LogP contribution in [0.2, 0.25) is 5.02 Å². The summed E-state index contributed by atoms with van der Waals surface area (Å²) in [5.74, 6) is -0.130. The number of carbonyl (C=O) groups excluding carboxylic acids is 1. The Morgan fingerprint density at radius 1 is 1.19 bits per heavy atom. The lowest BCUT2D eigenvalue weighted by atomic mass is 10.2. The first kappa shape index (κ1) is 17.9. The van der Waals surface area contributed by atoms with Gasteiger partial charge in [0.1, 0.15) is 5.69 Å². The Bertz CT molecular complexity index is 932. The smallest absolute Gasteiger partial charge is 0.267 e. The molecule has 1 aliphatic rings. The van der Waals surface area contributed by atoms with Gasteiger partial charge in [-0.15, -0.1) is 0 Å². The van der Waals surface area contributed by atoms with Crippen LogP contribution in [0.4, 0.5) is 5.69 Å². The monoisotopic (exact) mass is 382 g/mol. The largest absolute Gasteiger partial charge is 0.382 e. The van der Waals surface area contributed by atoms with Crippen molar-refractivity contribution < 1.29 is 4.79 Å². The van der Waals surface area contributed by atoms with E-state index in [9.17, 15) is 4.79 Å². The molecule has 0 saturated carbocycles. The van der Waals surface area contributed by atoms with Crippen molar-refractivity contribution in [2.75, 3.05) is 18.4 Å². The van der Waals surface area contributed by atoms with Crippen molar-refractivity contribution in [2.45, 2.75) is 25.4 Å². The van der Waals surface area contributed by atoms with Gasteiger partial charge >= 0.3 is 0 Å². The Morgan fingerprint density at radius 3 is 2.81 bits per heavy atom. The van der Waals surface area contributed by atoms with Gasteiger partial charge in [-0.05, 0) is 43.1 Å². The molecule has 5 nitrogen and oxygen atoms in total. The first-order valence-corrected chi connectivity index (χ1v) is 9.68. The third kappa shape index (κ3) is 4.26. The molecule has 2 aromatic carbocycles. The van der Waals surface area contributed by atoms with Crippen LogP contribution in [-0.4, -0.2) is 30.0 Å². The Kier molecular flexibility index (Phi) is 5.32. The first-order chi connectivity index (χ1) is 13.2. The van der Waals surface area contributed by atoms with Crippen LogP contribution in [0.25, 0.3) is 10.9 Å². The number of hydrogen-bond donors (Lipinski definition) is 4. The van der Waals surface area contributed by atoms with E-state index in [-0.39, 0.29) is 5.91 Å². The zero-order valence-corrected chi connectivity index (χ0v) is 15.8. The SMILES string of the molecule is O=C(NCc1ccccc1)c1cc2cc(Cl)cc(NCC3CCCN3)c2[nH]1. The van der Waals surface area contributed by atoms with E-state index in [1.165, 1.54) is 12.8 Å². The van der Waals surface area contributed by atoms with Gasteiger partial charge < -0.3 is 20.9 Å². The molecule has 4 rings (SSSR count). The van der Waals surface area contributed by atoms with E-state index in [4.69, 9.17) is 11.6 Å². The number of hydrogen-bond acceptors (Lipinski definition) is 3. The maximum atomic E-state index is 12.5. The summed E-state index contributed by atoms with van der Waals surface area (Å²) in [6.45, 7) is 2.41. The standard InChI is InChI=1S/C21H23ClN4O/c22-16-9-15-10-19(21(27)25-12-14-5-2-1-3-6-14)26-20(15)18(11-16)24-13-17-7-4-8-23-17/h1-3,5-6,9-11,17,23-24,26H,4,7-8,12-13H2,(H,25,27). The first-order valence-electron chi connectivity index (χ1n) is 9.31. The molecule has 3 aromatic rings. The number of benzene rings is 2. The maximum absolute atomic E-state index is 12.5. The second-order valence-corrected chi connectivity index (χ2v) is 7.38. The molecule has 1 saturated heterocycles. The number of rotatable bonds is 6. The number of anilines is 1. The molecule has 1 amide bonds. The highest BCUT2D eigenvalue weighted by Crippen LogP contribution is 2.28. The molecule has 1 fully saturated rings. The van der Waals surface area contributed by atoms with E-state index in [1.54, 1.807) is 0 Å². The summed E-state index contributed by atoms with van der Waals surface area (Å²) in [5, 5.41) is 11.5. The topological polar surface area (TPSA) is 69.0 Å². The number of amides is 1. The number of H-pyrrole nitrogens is 1. The molecule has 0 aliphatic carbocycles. The summed E-state index contributed by atoms with van der Waals surface area (Å²) in [4.78, 5) is 15.8. The number of aromatic amines is 1. The zero-order chi connectivity index (χ0) is 18.6. The Labute approximate surface area is 163 Å². The molecule has 27 heavy (non-hydrogen) atoms. The van der Waals surface area contributed by atoms with E-state index in [2.05, 4.69) is 20.9 Å². The summed E-state index contributed by atoms with van der Waals surface area (Å²) in [6.07, 6.45) is 2.39. The van der Waals surface area contributed by atoms with Crippen LogP contribution in [0.15, 0.2) is 48.5 Å². The molecule has 4 N–H and O–H groups in total. The van der Waals surface area contributed by atoms with Gasteiger partial charge in [-0.2, -0.15) is 0 Å². The molecule has 0 radical (unpaired) electrons. The van der Waals surface area contributed by atoms with E-state index >= 15 is 0 Å². The van der Waals surface area contributed by atoms with E-state index in [1.807, 2.05) is 48.5 Å². The third-order valence-electron chi connectivity index (χ3n) is 4.93. The van der Waals surface area contributed by atoms with Gasteiger partial charge in [-0.3, -0.25) is 4.79 Å². The molecule has 1 atom stereocenters. The number of fused-ring (bicyclic) bond motifs is 1. The maximum Gasteiger partial charge on any atom is 0.267 e. The molecule has 6 heteroatoms. The number of nitrogens with one attached hydrogen (secondary N) is 4. The van der Waals surface area contributed by atoms with Crippen molar-refractivity contribution in [1.29, 1.82) is 0 Å². The summed E-state index contributed by atoms with van der Waals surface area (Å²) in [7, 11) is 0. The van der Waals surface area contributed by atoms with Gasteiger partial charge in [0.05, 0.1) is 11.2 Å². The van der Waals surface area contributed by atoms with Crippen LogP contribution >= 0.6 is 11.6 Å². The quantitative estimate of drug-likeness (QED) is 0.522. The van der Waals surface area contributed by atoms with Crippen molar-refractivity contribution in [3.63, 3.8) is 0 Å². The Hall–Kier alpha value is -2.50. The fourth-order valence-electron chi connectivity index (χ4n) is 3.51. The fourth-order valence-corrected chi connectivity index (χ4v) is 3.73.